The number of halogens is 2. The average Bonchev–Trinajstić information content (AvgIpc) is 3.48. The Morgan fingerprint density at radius 2 is 1.63 bits per heavy atom. The Kier molecular flexibility index (Phi) is 10.5. The molecule has 2 spiro atoms. The van der Waals surface area contributed by atoms with Crippen LogP contribution in [0.2, 0.25) is 5.02 Å². The van der Waals surface area contributed by atoms with E-state index in [1.165, 1.54) is 6.07 Å². The molecule has 3 aromatic carbocycles. The van der Waals surface area contributed by atoms with Gasteiger partial charge in [-0.15, -0.1) is 0 Å². The minimum atomic E-state index is -1.29. The van der Waals surface area contributed by atoms with Gasteiger partial charge in [-0.2, -0.15) is 0 Å². The van der Waals surface area contributed by atoms with Crippen LogP contribution in [-0.2, 0) is 22.5 Å². The minimum absolute atomic E-state index is 0.0842. The van der Waals surface area contributed by atoms with E-state index in [4.69, 9.17) is 16.3 Å². The number of amides is 1. The van der Waals surface area contributed by atoms with E-state index in [2.05, 4.69) is 77.1 Å². The second kappa shape index (κ2) is 15.1. The first kappa shape index (κ1) is 41.8. The van der Waals surface area contributed by atoms with Crippen LogP contribution in [0.3, 0.4) is 0 Å². The van der Waals surface area contributed by atoms with Crippen molar-refractivity contribution in [1.82, 2.24) is 4.90 Å². The number of aliphatic hydroxyl groups is 2. The summed E-state index contributed by atoms with van der Waals surface area (Å²) in [5.41, 5.74) is -1.52. The summed E-state index contributed by atoms with van der Waals surface area (Å²) in [4.78, 5) is 31.6. The molecule has 60 heavy (non-hydrogen) atoms. The largest absolute Gasteiger partial charge is 0.446 e. The summed E-state index contributed by atoms with van der Waals surface area (Å²) < 4.78 is 21.9. The number of benzene rings is 3. The van der Waals surface area contributed by atoms with Gasteiger partial charge in [0.15, 0.2) is 5.78 Å². The van der Waals surface area contributed by atoms with Gasteiger partial charge in [-0.25, -0.2) is 9.18 Å². The van der Waals surface area contributed by atoms with Gasteiger partial charge < -0.3 is 19.8 Å². The van der Waals surface area contributed by atoms with E-state index in [-0.39, 0.29) is 64.7 Å². The molecule has 8 heteroatoms. The van der Waals surface area contributed by atoms with Crippen molar-refractivity contribution < 1.29 is 28.9 Å². The lowest BCUT2D eigenvalue weighted by Crippen LogP contribution is -2.67. The third-order valence-corrected chi connectivity index (χ3v) is 17.9. The van der Waals surface area contributed by atoms with E-state index in [0.29, 0.717) is 49.6 Å². The average molecular weight is 837 g/mol. The van der Waals surface area contributed by atoms with Gasteiger partial charge in [0.1, 0.15) is 11.9 Å². The second-order valence-electron chi connectivity index (χ2n) is 20.9. The van der Waals surface area contributed by atoms with Gasteiger partial charge >= 0.3 is 6.09 Å². The molecular formula is C52H63ClFNO5. The summed E-state index contributed by atoms with van der Waals surface area (Å²) in [6.07, 6.45) is 13.2. The molecule has 0 radical (unpaired) electrons. The van der Waals surface area contributed by atoms with Crippen molar-refractivity contribution in [1.29, 1.82) is 0 Å². The van der Waals surface area contributed by atoms with Crippen molar-refractivity contribution in [2.45, 2.75) is 130 Å². The molecule has 0 aliphatic heterocycles. The zero-order valence-electron chi connectivity index (χ0n) is 36.1. The first-order chi connectivity index (χ1) is 28.5. The predicted octanol–water partition coefficient (Wildman–Crippen LogP) is 11.4. The summed E-state index contributed by atoms with van der Waals surface area (Å²) in [7, 11) is 0. The van der Waals surface area contributed by atoms with E-state index < -0.39 is 33.8 Å². The van der Waals surface area contributed by atoms with E-state index >= 15 is 4.39 Å². The highest BCUT2D eigenvalue weighted by Gasteiger charge is 2.74. The quantitative estimate of drug-likeness (QED) is 0.210. The molecule has 0 aromatic heterocycles. The van der Waals surface area contributed by atoms with Crippen molar-refractivity contribution in [2.75, 3.05) is 6.54 Å². The summed E-state index contributed by atoms with van der Waals surface area (Å²) in [5.74, 6) is 0.420. The fourth-order valence-corrected chi connectivity index (χ4v) is 14.4. The molecule has 7 aliphatic carbocycles. The number of ether oxygens (including phenoxy) is 1. The fraction of sp³-hybridized carbons (Fsp3) is 0.577. The monoisotopic (exact) mass is 835 g/mol. The Hall–Kier alpha value is -3.52. The van der Waals surface area contributed by atoms with E-state index in [0.717, 1.165) is 54.9 Å². The molecule has 4 saturated carbocycles. The van der Waals surface area contributed by atoms with Gasteiger partial charge in [-0.05, 0) is 121 Å². The standard InChI is InChI=1S/C52H63ClFNO5/c1-32(2)37-17-16-33(3)26-44(37)60-47(58)55(30-35-12-8-11-34-10-6-7-13-38(34)35)31-51(59)23-20-46-49(51,5)22-19-45-48(4)21-18-36(56)28-50(48)24-25-52(45,46)40(29-50)43(57)27-39-41(53)14-9-15-42(39)54/h6-15,24-25,29,32-33,36-37,44-46,56,59H,16-23,26-28,30-31H2,1-5H3/t33-,36?,37+,44-,45+,46+,48+,49-,50-,51+,52+/m0/s1. The molecule has 11 atom stereocenters. The van der Waals surface area contributed by atoms with Crippen molar-refractivity contribution in [3.8, 4) is 0 Å². The summed E-state index contributed by atoms with van der Waals surface area (Å²) in [5, 5.41) is 27.0. The number of carbonyl (C=O) groups excluding carboxylic acids is 2. The van der Waals surface area contributed by atoms with Crippen molar-refractivity contribution >= 4 is 34.2 Å². The lowest BCUT2D eigenvalue weighted by molar-refractivity contribution is -0.178. The third-order valence-electron chi connectivity index (χ3n) is 17.6. The van der Waals surface area contributed by atoms with Crippen molar-refractivity contribution in [3.63, 3.8) is 0 Å². The van der Waals surface area contributed by atoms with Crippen LogP contribution in [0.5, 0.6) is 0 Å². The van der Waals surface area contributed by atoms with Gasteiger partial charge in [-0.1, -0.05) is 119 Å². The highest BCUT2D eigenvalue weighted by atomic mass is 35.5. The van der Waals surface area contributed by atoms with E-state index in [1.54, 1.807) is 17.0 Å². The number of aliphatic hydroxyl groups excluding tert-OH is 1. The van der Waals surface area contributed by atoms with Crippen LogP contribution in [-0.4, -0.2) is 51.3 Å². The topological polar surface area (TPSA) is 87.1 Å². The molecule has 4 fully saturated rings. The predicted molar refractivity (Wildman–Crippen MR) is 235 cm³/mol. The number of ketones is 1. The number of hydrogen-bond acceptors (Lipinski definition) is 5. The lowest BCUT2D eigenvalue weighted by Gasteiger charge is -2.71. The Balaban J connectivity index is 1.10. The number of Topliss-reactive ketones (excluding diaryl/α,β-unsaturated/α-hetero) is 1. The molecule has 1 unspecified atom stereocenters. The summed E-state index contributed by atoms with van der Waals surface area (Å²) >= 11 is 6.55. The smallest absolute Gasteiger partial charge is 0.410 e. The van der Waals surface area contributed by atoms with Gasteiger partial charge in [0.2, 0.25) is 0 Å². The molecule has 7 aliphatic rings. The molecule has 1 amide bonds. The molecular weight excluding hydrogens is 773 g/mol. The SMILES string of the molecule is CC(C)[C@H]1CC[C@H](C)C[C@@H]1OC(=O)N(Cc1cccc2ccccc12)C[C@]1(O)CC[C@H]2[C@]34C=C[C@@]5(C=C3C(=O)Cc3c(F)cccc3Cl)CC(O)CC[C@]5(C)[C@H]4CC[C@@]21C. The van der Waals surface area contributed by atoms with E-state index in [1.807, 2.05) is 18.2 Å². The van der Waals surface area contributed by atoms with Gasteiger partial charge in [-0.3, -0.25) is 4.79 Å². The maximum atomic E-state index is 15.3. The molecule has 0 heterocycles. The summed E-state index contributed by atoms with van der Waals surface area (Å²) in [6, 6.07) is 19.0. The third kappa shape index (κ3) is 6.36. The summed E-state index contributed by atoms with van der Waals surface area (Å²) in [6.45, 7) is 11.6. The molecule has 0 saturated heterocycles. The lowest BCUT2D eigenvalue weighted by atomic mass is 9.32. The molecule has 6 nitrogen and oxygen atoms in total. The van der Waals surface area contributed by atoms with Gasteiger partial charge in [0, 0.05) is 45.4 Å². The maximum Gasteiger partial charge on any atom is 0.410 e. The zero-order valence-corrected chi connectivity index (χ0v) is 36.8. The second-order valence-corrected chi connectivity index (χ2v) is 21.3. The number of nitrogens with zero attached hydrogens (tertiary/aromatic N) is 1. The van der Waals surface area contributed by atoms with Crippen molar-refractivity contribution in [3.05, 3.63) is 106 Å². The van der Waals surface area contributed by atoms with Crippen molar-refractivity contribution in [2.24, 2.45) is 51.2 Å². The first-order valence-corrected chi connectivity index (χ1v) is 23.1. The number of hydrogen-bond donors (Lipinski definition) is 2. The van der Waals surface area contributed by atoms with Crippen LogP contribution in [0.4, 0.5) is 9.18 Å². The van der Waals surface area contributed by atoms with Crippen LogP contribution in [0.1, 0.15) is 110 Å². The number of rotatable bonds is 9. The minimum Gasteiger partial charge on any atom is -0.446 e. The molecule has 2 bridgehead atoms. The molecule has 320 valence electrons. The Morgan fingerprint density at radius 3 is 2.42 bits per heavy atom. The van der Waals surface area contributed by atoms with Crippen LogP contribution < -0.4 is 0 Å². The molecule has 3 aromatic rings. The van der Waals surface area contributed by atoms with Crippen LogP contribution >= 0.6 is 11.6 Å². The number of fused-ring (bicyclic) bond motifs is 2. The first-order valence-electron chi connectivity index (χ1n) is 22.8. The highest BCUT2D eigenvalue weighted by Crippen LogP contribution is 2.78. The Bertz CT molecular complexity index is 2230. The maximum absolute atomic E-state index is 15.3. The van der Waals surface area contributed by atoms with Crippen LogP contribution in [0.25, 0.3) is 10.8 Å². The Labute approximate surface area is 360 Å². The number of carbonyl (C=O) groups is 2. The molecule has 2 N–H and O–H groups in total. The Morgan fingerprint density at radius 1 is 0.917 bits per heavy atom. The highest BCUT2D eigenvalue weighted by molar-refractivity contribution is 6.31. The van der Waals surface area contributed by atoms with Crippen LogP contribution in [0, 0.1) is 57.1 Å². The van der Waals surface area contributed by atoms with Crippen LogP contribution in [0.15, 0.2) is 84.5 Å². The van der Waals surface area contributed by atoms with Gasteiger partial charge in [0.05, 0.1) is 18.2 Å². The molecule has 10 rings (SSSR count). The fourth-order valence-electron chi connectivity index (χ4n) is 14.2. The number of allylic oxidation sites excluding steroid dienone is 4. The van der Waals surface area contributed by atoms with Gasteiger partial charge in [0.25, 0.3) is 0 Å². The van der Waals surface area contributed by atoms with E-state index in [9.17, 15) is 19.8 Å². The zero-order chi connectivity index (χ0) is 42.4. The normalized spacial score (nSPS) is 37.9.